The SMILES string of the molecule is C1CCNC1.CC.CC.CC(C)=O.Cc1cccc2cccc(CCOC3CCCCC3)c12. The van der Waals surface area contributed by atoms with Crippen LogP contribution >= 0.6 is 0 Å². The van der Waals surface area contributed by atoms with Crippen molar-refractivity contribution in [2.24, 2.45) is 0 Å². The Bertz CT molecular complexity index is 714. The molecule has 2 aromatic carbocycles. The summed E-state index contributed by atoms with van der Waals surface area (Å²) in [6, 6.07) is 13.2. The molecule has 0 amide bonds. The van der Waals surface area contributed by atoms with Crippen LogP contribution in [-0.2, 0) is 16.0 Å². The van der Waals surface area contributed by atoms with Gasteiger partial charge in [0.15, 0.2) is 0 Å². The summed E-state index contributed by atoms with van der Waals surface area (Å²) in [7, 11) is 0. The quantitative estimate of drug-likeness (QED) is 0.504. The molecule has 0 spiro atoms. The van der Waals surface area contributed by atoms with Gasteiger partial charge < -0.3 is 14.8 Å². The Kier molecular flexibility index (Phi) is 19.8. The van der Waals surface area contributed by atoms with Gasteiger partial charge in [-0.05, 0) is 87.9 Å². The summed E-state index contributed by atoms with van der Waals surface area (Å²) in [6.07, 6.45) is 10.9. The molecule has 0 bridgehead atoms. The number of carbonyl (C=O) groups is 1. The van der Waals surface area contributed by atoms with E-state index >= 15 is 0 Å². The smallest absolute Gasteiger partial charge is 0.126 e. The molecule has 1 heterocycles. The normalized spacial score (nSPS) is 14.9. The van der Waals surface area contributed by atoms with Gasteiger partial charge in [-0.1, -0.05) is 83.4 Å². The Morgan fingerprint density at radius 1 is 0.879 bits per heavy atom. The van der Waals surface area contributed by atoms with Crippen molar-refractivity contribution in [1.82, 2.24) is 5.32 Å². The Morgan fingerprint density at radius 3 is 1.94 bits per heavy atom. The maximum atomic E-state index is 9.44. The van der Waals surface area contributed by atoms with Gasteiger partial charge in [0.25, 0.3) is 0 Å². The maximum Gasteiger partial charge on any atom is 0.126 e. The summed E-state index contributed by atoms with van der Waals surface area (Å²) in [5.74, 6) is 0.167. The van der Waals surface area contributed by atoms with Gasteiger partial charge in [-0.15, -0.1) is 0 Å². The highest BCUT2D eigenvalue weighted by atomic mass is 16.5. The van der Waals surface area contributed by atoms with Crippen molar-refractivity contribution in [3.63, 3.8) is 0 Å². The van der Waals surface area contributed by atoms with Gasteiger partial charge in [-0.3, -0.25) is 0 Å². The minimum absolute atomic E-state index is 0.167. The highest BCUT2D eigenvalue weighted by Gasteiger charge is 2.13. The molecule has 1 aliphatic heterocycles. The Labute approximate surface area is 204 Å². The van der Waals surface area contributed by atoms with E-state index in [1.165, 1.54) is 93.8 Å². The number of aryl methyl sites for hydroxylation is 1. The first-order valence-corrected chi connectivity index (χ1v) is 13.3. The van der Waals surface area contributed by atoms with Crippen LogP contribution in [0.2, 0.25) is 0 Å². The molecular weight excluding hydrogens is 406 g/mol. The molecule has 1 saturated carbocycles. The van der Waals surface area contributed by atoms with Crippen molar-refractivity contribution < 1.29 is 9.53 Å². The molecule has 1 aliphatic carbocycles. The molecule has 4 rings (SSSR count). The van der Waals surface area contributed by atoms with E-state index in [0.717, 1.165) is 13.0 Å². The lowest BCUT2D eigenvalue weighted by Crippen LogP contribution is -2.18. The molecule has 1 saturated heterocycles. The van der Waals surface area contributed by atoms with Crippen molar-refractivity contribution in [3.05, 3.63) is 47.5 Å². The minimum Gasteiger partial charge on any atom is -0.378 e. The summed E-state index contributed by atoms with van der Waals surface area (Å²) < 4.78 is 6.08. The second-order valence-electron chi connectivity index (χ2n) is 8.34. The van der Waals surface area contributed by atoms with E-state index in [4.69, 9.17) is 4.74 Å². The molecule has 0 aromatic heterocycles. The third-order valence-electron chi connectivity index (χ3n) is 5.43. The van der Waals surface area contributed by atoms with E-state index in [1.807, 2.05) is 27.7 Å². The van der Waals surface area contributed by atoms with E-state index in [9.17, 15) is 4.79 Å². The van der Waals surface area contributed by atoms with Crippen molar-refractivity contribution >= 4 is 16.6 Å². The van der Waals surface area contributed by atoms with Crippen LogP contribution in [0.25, 0.3) is 10.8 Å². The minimum atomic E-state index is 0.167. The Morgan fingerprint density at radius 2 is 1.42 bits per heavy atom. The molecule has 0 atom stereocenters. The number of carbonyl (C=O) groups excluding carboxylic acids is 1. The van der Waals surface area contributed by atoms with Crippen molar-refractivity contribution in [2.75, 3.05) is 19.7 Å². The lowest BCUT2D eigenvalue weighted by molar-refractivity contribution is -0.114. The van der Waals surface area contributed by atoms with Crippen LogP contribution in [-0.4, -0.2) is 31.6 Å². The predicted octanol–water partition coefficient (Wildman–Crippen LogP) is 8.06. The lowest BCUT2D eigenvalue weighted by Gasteiger charge is -2.22. The van der Waals surface area contributed by atoms with Crippen molar-refractivity contribution in [2.45, 2.75) is 106 Å². The van der Waals surface area contributed by atoms with Gasteiger partial charge in [0.1, 0.15) is 5.78 Å². The van der Waals surface area contributed by atoms with E-state index < -0.39 is 0 Å². The molecule has 2 fully saturated rings. The number of hydrogen-bond donors (Lipinski definition) is 1. The second kappa shape index (κ2) is 20.9. The number of nitrogens with one attached hydrogen (secondary N) is 1. The molecule has 2 aliphatic rings. The highest BCUT2D eigenvalue weighted by Crippen LogP contribution is 2.24. The van der Waals surface area contributed by atoms with Gasteiger partial charge in [0, 0.05) is 0 Å². The fourth-order valence-corrected chi connectivity index (χ4v) is 4.02. The van der Waals surface area contributed by atoms with Gasteiger partial charge in [0.05, 0.1) is 12.7 Å². The summed E-state index contributed by atoms with van der Waals surface area (Å²) in [6.45, 7) is 16.6. The number of benzene rings is 2. The molecule has 33 heavy (non-hydrogen) atoms. The maximum absolute atomic E-state index is 9.44. The van der Waals surface area contributed by atoms with Crippen LogP contribution in [0.1, 0.15) is 97.6 Å². The third-order valence-corrected chi connectivity index (χ3v) is 5.43. The number of Topliss-reactive ketones (excluding diaryl/α,β-unsaturated/α-hetero) is 1. The zero-order valence-corrected chi connectivity index (χ0v) is 22.6. The first-order valence-electron chi connectivity index (χ1n) is 13.3. The fourth-order valence-electron chi connectivity index (χ4n) is 4.02. The Balaban J connectivity index is 0.000000652. The first-order chi connectivity index (χ1) is 16.1. The van der Waals surface area contributed by atoms with Crippen LogP contribution in [0.15, 0.2) is 36.4 Å². The van der Waals surface area contributed by atoms with Crippen LogP contribution in [0.3, 0.4) is 0 Å². The zero-order chi connectivity index (χ0) is 24.9. The summed E-state index contributed by atoms with van der Waals surface area (Å²) in [5, 5.41) is 5.99. The van der Waals surface area contributed by atoms with Crippen molar-refractivity contribution in [3.8, 4) is 0 Å². The monoisotopic (exact) mass is 457 g/mol. The number of hydrogen-bond acceptors (Lipinski definition) is 3. The summed E-state index contributed by atoms with van der Waals surface area (Å²) in [5.41, 5.74) is 2.80. The van der Waals surface area contributed by atoms with Gasteiger partial charge >= 0.3 is 0 Å². The molecule has 3 nitrogen and oxygen atoms in total. The second-order valence-corrected chi connectivity index (χ2v) is 8.34. The zero-order valence-electron chi connectivity index (χ0n) is 22.6. The topological polar surface area (TPSA) is 38.3 Å². The number of fused-ring (bicyclic) bond motifs is 1. The lowest BCUT2D eigenvalue weighted by atomic mass is 9.97. The van der Waals surface area contributed by atoms with Gasteiger partial charge in [-0.2, -0.15) is 0 Å². The van der Waals surface area contributed by atoms with E-state index in [-0.39, 0.29) is 5.78 Å². The molecule has 3 heteroatoms. The highest BCUT2D eigenvalue weighted by molar-refractivity contribution is 5.88. The standard InChI is InChI=1S/C19H24O.C4H9N.C3H6O.2C2H6/c1-15-7-5-8-16-9-6-10-17(19(15)16)13-14-20-18-11-3-2-4-12-18;1-2-4-5-3-1;1-3(2)4;2*1-2/h5-10,18H,2-4,11-14H2,1H3;5H,1-4H2;1-2H3;2*1-2H3. The first kappa shape index (κ1) is 31.3. The average molecular weight is 458 g/mol. The van der Waals surface area contributed by atoms with E-state index in [2.05, 4.69) is 48.6 Å². The molecule has 2 aromatic rings. The predicted molar refractivity (Wildman–Crippen MR) is 146 cm³/mol. The number of ketones is 1. The van der Waals surface area contributed by atoms with Gasteiger partial charge in [0.2, 0.25) is 0 Å². The summed E-state index contributed by atoms with van der Waals surface area (Å²) >= 11 is 0. The van der Waals surface area contributed by atoms with Crippen LogP contribution in [0, 0.1) is 6.92 Å². The molecular formula is C30H51NO2. The average Bonchev–Trinajstić information content (AvgIpc) is 3.43. The summed E-state index contributed by atoms with van der Waals surface area (Å²) in [4.78, 5) is 9.44. The third kappa shape index (κ3) is 14.2. The molecule has 1 N–H and O–H groups in total. The van der Waals surface area contributed by atoms with Crippen LogP contribution in [0.4, 0.5) is 0 Å². The van der Waals surface area contributed by atoms with E-state index in [0.29, 0.717) is 6.10 Å². The van der Waals surface area contributed by atoms with Crippen molar-refractivity contribution in [1.29, 1.82) is 0 Å². The number of rotatable bonds is 4. The van der Waals surface area contributed by atoms with Crippen LogP contribution < -0.4 is 5.32 Å². The molecule has 0 radical (unpaired) electrons. The fraction of sp³-hybridized carbons (Fsp3) is 0.633. The Hall–Kier alpha value is -1.71. The largest absolute Gasteiger partial charge is 0.378 e. The molecule has 188 valence electrons. The van der Waals surface area contributed by atoms with E-state index in [1.54, 1.807) is 0 Å². The number of ether oxygens (including phenoxy) is 1. The molecule has 0 unspecified atom stereocenters. The van der Waals surface area contributed by atoms with Crippen LogP contribution in [0.5, 0.6) is 0 Å². The van der Waals surface area contributed by atoms with Gasteiger partial charge in [-0.25, -0.2) is 0 Å².